The molecule has 0 aliphatic carbocycles. The van der Waals surface area contributed by atoms with E-state index in [9.17, 15) is 0 Å². The molecule has 1 unspecified atom stereocenters. The van der Waals surface area contributed by atoms with E-state index in [1.807, 2.05) is 18.2 Å². The summed E-state index contributed by atoms with van der Waals surface area (Å²) in [6.07, 6.45) is 4.77. The molecule has 1 aromatic heterocycles. The van der Waals surface area contributed by atoms with Crippen molar-refractivity contribution in [3.8, 4) is 0 Å². The van der Waals surface area contributed by atoms with Crippen LogP contribution in [0.4, 0.5) is 0 Å². The minimum atomic E-state index is 0.319. The summed E-state index contributed by atoms with van der Waals surface area (Å²) in [6.45, 7) is 0.886. The van der Waals surface area contributed by atoms with Gasteiger partial charge in [0, 0.05) is 18.1 Å². The summed E-state index contributed by atoms with van der Waals surface area (Å²) < 4.78 is 5.72. The van der Waals surface area contributed by atoms with Crippen molar-refractivity contribution < 1.29 is 4.74 Å². The van der Waals surface area contributed by atoms with Crippen molar-refractivity contribution in [3.63, 3.8) is 0 Å². The highest BCUT2D eigenvalue weighted by Crippen LogP contribution is 2.20. The third-order valence-corrected chi connectivity index (χ3v) is 3.42. The Labute approximate surface area is 105 Å². The first-order chi connectivity index (χ1) is 8.31. The maximum atomic E-state index is 5.95. The third-order valence-electron chi connectivity index (χ3n) is 3.19. The van der Waals surface area contributed by atoms with E-state index in [1.54, 1.807) is 0 Å². The molecular weight excluding hydrogens is 236 g/mol. The van der Waals surface area contributed by atoms with E-state index < -0.39 is 0 Å². The van der Waals surface area contributed by atoms with Crippen LogP contribution in [0.2, 0.25) is 5.02 Å². The molecule has 0 bridgehead atoms. The normalized spacial score (nSPS) is 20.9. The van der Waals surface area contributed by atoms with Gasteiger partial charge in [-0.15, -0.1) is 0 Å². The largest absolute Gasteiger partial charge is 0.378 e. The van der Waals surface area contributed by atoms with Gasteiger partial charge in [-0.1, -0.05) is 11.6 Å². The van der Waals surface area contributed by atoms with Crippen LogP contribution < -0.4 is 0 Å². The first-order valence-electron chi connectivity index (χ1n) is 6.07. The van der Waals surface area contributed by atoms with Gasteiger partial charge in [-0.25, -0.2) is 4.98 Å². The number of nitrogens with one attached hydrogen (secondary N) is 1. The Morgan fingerprint density at radius 2 is 2.35 bits per heavy atom. The number of hydrogen-bond donors (Lipinski definition) is 1. The number of fused-ring (bicyclic) bond motifs is 1. The van der Waals surface area contributed by atoms with Crippen LogP contribution in [-0.4, -0.2) is 22.7 Å². The van der Waals surface area contributed by atoms with Gasteiger partial charge in [0.15, 0.2) is 0 Å². The molecule has 90 valence electrons. The van der Waals surface area contributed by atoms with Crippen LogP contribution in [0.3, 0.4) is 0 Å². The molecule has 4 heteroatoms. The minimum absolute atomic E-state index is 0.319. The Kier molecular flexibility index (Phi) is 3.04. The molecule has 3 rings (SSSR count). The highest BCUT2D eigenvalue weighted by Gasteiger charge is 2.16. The first-order valence-corrected chi connectivity index (χ1v) is 6.45. The van der Waals surface area contributed by atoms with E-state index in [0.29, 0.717) is 6.10 Å². The van der Waals surface area contributed by atoms with E-state index in [1.165, 1.54) is 12.8 Å². The molecule has 3 nitrogen and oxygen atoms in total. The number of halogens is 1. The number of imidazole rings is 1. The van der Waals surface area contributed by atoms with Gasteiger partial charge >= 0.3 is 0 Å². The van der Waals surface area contributed by atoms with Gasteiger partial charge in [0.2, 0.25) is 0 Å². The third kappa shape index (κ3) is 2.45. The lowest BCUT2D eigenvalue weighted by Crippen LogP contribution is -2.21. The molecule has 0 radical (unpaired) electrons. The van der Waals surface area contributed by atoms with Crippen LogP contribution in [0.25, 0.3) is 11.0 Å². The maximum Gasteiger partial charge on any atom is 0.109 e. The van der Waals surface area contributed by atoms with Crippen molar-refractivity contribution in [3.05, 3.63) is 29.0 Å². The van der Waals surface area contributed by atoms with Gasteiger partial charge in [0.1, 0.15) is 5.82 Å². The number of ether oxygens (including phenoxy) is 1. The molecule has 2 aromatic rings. The molecule has 2 heterocycles. The first kappa shape index (κ1) is 11.1. The molecule has 1 atom stereocenters. The topological polar surface area (TPSA) is 37.9 Å². The zero-order valence-electron chi connectivity index (χ0n) is 9.58. The molecule has 1 fully saturated rings. The van der Waals surface area contributed by atoms with Gasteiger partial charge in [-0.05, 0) is 37.5 Å². The Hall–Kier alpha value is -1.06. The van der Waals surface area contributed by atoms with Crippen molar-refractivity contribution in [2.75, 3.05) is 6.61 Å². The number of rotatable bonds is 2. The summed E-state index contributed by atoms with van der Waals surface area (Å²) in [6, 6.07) is 5.72. The van der Waals surface area contributed by atoms with Gasteiger partial charge in [0.25, 0.3) is 0 Å². The SMILES string of the molecule is Clc1ccc2nc(CC3CCCCO3)[nH]c2c1. The number of hydrogen-bond acceptors (Lipinski definition) is 2. The fourth-order valence-electron chi connectivity index (χ4n) is 2.32. The highest BCUT2D eigenvalue weighted by atomic mass is 35.5. The molecule has 0 spiro atoms. The highest BCUT2D eigenvalue weighted by molar-refractivity contribution is 6.31. The Morgan fingerprint density at radius 1 is 1.41 bits per heavy atom. The predicted octanol–water partition coefficient (Wildman–Crippen LogP) is 3.33. The van der Waals surface area contributed by atoms with Crippen LogP contribution in [0.5, 0.6) is 0 Å². The van der Waals surface area contributed by atoms with Crippen LogP contribution >= 0.6 is 11.6 Å². The number of benzene rings is 1. The maximum absolute atomic E-state index is 5.95. The van der Waals surface area contributed by atoms with Crippen LogP contribution in [0.15, 0.2) is 18.2 Å². The summed E-state index contributed by atoms with van der Waals surface area (Å²) in [5.41, 5.74) is 1.98. The lowest BCUT2D eigenvalue weighted by atomic mass is 10.1. The Bertz CT molecular complexity index is 517. The predicted molar refractivity (Wildman–Crippen MR) is 68.4 cm³/mol. The molecule has 1 N–H and O–H groups in total. The van der Waals surface area contributed by atoms with Crippen LogP contribution in [-0.2, 0) is 11.2 Å². The molecule has 1 aliphatic rings. The lowest BCUT2D eigenvalue weighted by Gasteiger charge is -2.21. The second kappa shape index (κ2) is 4.67. The van der Waals surface area contributed by atoms with Gasteiger partial charge < -0.3 is 9.72 Å². The van der Waals surface area contributed by atoms with E-state index in [0.717, 1.165) is 41.3 Å². The Balaban J connectivity index is 1.80. The summed E-state index contributed by atoms with van der Waals surface area (Å²) in [4.78, 5) is 7.86. The molecule has 1 aromatic carbocycles. The number of aromatic amines is 1. The van der Waals surface area contributed by atoms with Crippen LogP contribution in [0.1, 0.15) is 25.1 Å². The fraction of sp³-hybridized carbons (Fsp3) is 0.462. The van der Waals surface area contributed by atoms with Gasteiger partial charge in [-0.3, -0.25) is 0 Å². The van der Waals surface area contributed by atoms with Gasteiger partial charge in [-0.2, -0.15) is 0 Å². The monoisotopic (exact) mass is 250 g/mol. The lowest BCUT2D eigenvalue weighted by molar-refractivity contribution is 0.0158. The smallest absolute Gasteiger partial charge is 0.109 e. The van der Waals surface area contributed by atoms with Crippen molar-refractivity contribution in [2.45, 2.75) is 31.8 Å². The molecule has 17 heavy (non-hydrogen) atoms. The van der Waals surface area contributed by atoms with Crippen molar-refractivity contribution in [2.24, 2.45) is 0 Å². The average molecular weight is 251 g/mol. The second-order valence-electron chi connectivity index (χ2n) is 4.54. The van der Waals surface area contributed by atoms with Crippen LogP contribution in [0, 0.1) is 0 Å². The zero-order valence-corrected chi connectivity index (χ0v) is 10.3. The fourth-order valence-corrected chi connectivity index (χ4v) is 2.49. The van der Waals surface area contributed by atoms with Gasteiger partial charge in [0.05, 0.1) is 17.1 Å². The Morgan fingerprint density at radius 3 is 3.18 bits per heavy atom. The molecule has 1 aliphatic heterocycles. The molecular formula is C13H15ClN2O. The van der Waals surface area contributed by atoms with E-state index in [4.69, 9.17) is 16.3 Å². The number of aromatic nitrogens is 2. The summed E-state index contributed by atoms with van der Waals surface area (Å²) in [5.74, 6) is 0.995. The van der Waals surface area contributed by atoms with Crippen molar-refractivity contribution in [1.29, 1.82) is 0 Å². The summed E-state index contributed by atoms with van der Waals surface area (Å²) in [5, 5.41) is 0.738. The molecule has 0 saturated carbocycles. The van der Waals surface area contributed by atoms with Crippen molar-refractivity contribution >= 4 is 22.6 Å². The quantitative estimate of drug-likeness (QED) is 0.888. The van der Waals surface area contributed by atoms with Crippen molar-refractivity contribution in [1.82, 2.24) is 9.97 Å². The number of nitrogens with zero attached hydrogens (tertiary/aromatic N) is 1. The second-order valence-corrected chi connectivity index (χ2v) is 4.97. The molecule has 1 saturated heterocycles. The molecule has 0 amide bonds. The van der Waals surface area contributed by atoms with E-state index in [2.05, 4.69) is 9.97 Å². The summed E-state index contributed by atoms with van der Waals surface area (Å²) in [7, 11) is 0. The summed E-state index contributed by atoms with van der Waals surface area (Å²) >= 11 is 5.95. The zero-order chi connectivity index (χ0) is 11.7. The van der Waals surface area contributed by atoms with E-state index in [-0.39, 0.29) is 0 Å². The minimum Gasteiger partial charge on any atom is -0.378 e. The average Bonchev–Trinajstić information content (AvgIpc) is 2.71. The standard InChI is InChI=1S/C13H15ClN2O/c14-9-4-5-11-12(7-9)16-13(15-11)8-10-3-1-2-6-17-10/h4-5,7,10H,1-3,6,8H2,(H,15,16). The van der Waals surface area contributed by atoms with E-state index >= 15 is 0 Å². The number of H-pyrrole nitrogens is 1.